The van der Waals surface area contributed by atoms with Crippen LogP contribution < -0.4 is 0 Å². The molecule has 4 nitrogen and oxygen atoms in total. The molecule has 0 aromatic heterocycles. The molecule has 0 unspecified atom stereocenters. The molecule has 0 radical (unpaired) electrons. The van der Waals surface area contributed by atoms with E-state index in [1.54, 1.807) is 24.3 Å². The number of rotatable bonds is 3. The number of Topliss-reactive ketones (excluding diaryl/α,β-unsaturated/α-hetero) is 3. The van der Waals surface area contributed by atoms with Crippen molar-refractivity contribution in [3.05, 3.63) is 34.3 Å². The molecule has 0 bridgehead atoms. The van der Waals surface area contributed by atoms with Crippen molar-refractivity contribution in [2.24, 2.45) is 11.8 Å². The number of carbonyl (C=O) groups excluding carboxylic acids is 3. The predicted octanol–water partition coefficient (Wildman–Crippen LogP) is 2.67. The highest BCUT2D eigenvalue weighted by Crippen LogP contribution is 2.46. The average molecular weight is 367 g/mol. The number of benzene rings is 1. The molecule has 1 N–H and O–H groups in total. The average Bonchev–Trinajstić information content (AvgIpc) is 2.36. The van der Waals surface area contributed by atoms with E-state index in [-0.39, 0.29) is 23.8 Å². The van der Waals surface area contributed by atoms with Crippen molar-refractivity contribution in [3.63, 3.8) is 0 Å². The van der Waals surface area contributed by atoms with Crippen molar-refractivity contribution in [1.29, 1.82) is 0 Å². The minimum absolute atomic E-state index is 0.172. The van der Waals surface area contributed by atoms with Gasteiger partial charge in [0.05, 0.1) is 17.4 Å². The Balaban J connectivity index is 2.61. The highest BCUT2D eigenvalue weighted by atomic mass is 79.9. The Morgan fingerprint density at radius 3 is 2.18 bits per heavy atom. The zero-order chi connectivity index (χ0) is 16.7. The third-order valence-corrected chi connectivity index (χ3v) is 4.93. The monoisotopic (exact) mass is 366 g/mol. The summed E-state index contributed by atoms with van der Waals surface area (Å²) in [7, 11) is 0. The second-order valence-corrected chi connectivity index (χ2v) is 7.17. The SMILES string of the molecule is CC(=O)[C@H]1C(=O)C[C@@](C)(O)[C@H](C(C)=O)[C@@H]1c1ccc(Br)cc1. The quantitative estimate of drug-likeness (QED) is 0.834. The Morgan fingerprint density at radius 2 is 1.73 bits per heavy atom. The Hall–Kier alpha value is -1.33. The second kappa shape index (κ2) is 6.05. The van der Waals surface area contributed by atoms with Gasteiger partial charge in [-0.15, -0.1) is 0 Å². The van der Waals surface area contributed by atoms with Crippen molar-refractivity contribution in [3.8, 4) is 0 Å². The van der Waals surface area contributed by atoms with Crippen LogP contribution in [0.25, 0.3) is 0 Å². The van der Waals surface area contributed by atoms with Crippen molar-refractivity contribution in [2.45, 2.75) is 38.7 Å². The number of hydrogen-bond donors (Lipinski definition) is 1. The van der Waals surface area contributed by atoms with E-state index in [4.69, 9.17) is 0 Å². The lowest BCUT2D eigenvalue weighted by atomic mass is 9.60. The summed E-state index contributed by atoms with van der Waals surface area (Å²) >= 11 is 3.34. The van der Waals surface area contributed by atoms with E-state index in [0.29, 0.717) is 0 Å². The molecular weight excluding hydrogens is 348 g/mol. The van der Waals surface area contributed by atoms with Crippen LogP contribution in [-0.4, -0.2) is 28.1 Å². The van der Waals surface area contributed by atoms with Gasteiger partial charge in [0.2, 0.25) is 0 Å². The summed E-state index contributed by atoms with van der Waals surface area (Å²) in [6.07, 6.45) is -0.172. The van der Waals surface area contributed by atoms with Gasteiger partial charge in [-0.1, -0.05) is 28.1 Å². The first kappa shape index (κ1) is 17.0. The third-order valence-electron chi connectivity index (χ3n) is 4.40. The summed E-state index contributed by atoms with van der Waals surface area (Å²) < 4.78 is 0.865. The molecule has 0 amide bonds. The van der Waals surface area contributed by atoms with Gasteiger partial charge in [-0.2, -0.15) is 0 Å². The molecule has 1 fully saturated rings. The molecule has 118 valence electrons. The first-order valence-corrected chi connectivity index (χ1v) is 7.96. The Kier molecular flexibility index (Phi) is 4.68. The number of carbonyl (C=O) groups is 3. The van der Waals surface area contributed by atoms with Crippen molar-refractivity contribution in [2.75, 3.05) is 0 Å². The van der Waals surface area contributed by atoms with Gasteiger partial charge in [0.1, 0.15) is 17.3 Å². The van der Waals surface area contributed by atoms with Crippen LogP contribution in [0.3, 0.4) is 0 Å². The largest absolute Gasteiger partial charge is 0.389 e. The molecule has 22 heavy (non-hydrogen) atoms. The minimum atomic E-state index is -1.44. The molecule has 1 aliphatic rings. The van der Waals surface area contributed by atoms with Crippen LogP contribution in [0.4, 0.5) is 0 Å². The lowest BCUT2D eigenvalue weighted by Gasteiger charge is -2.44. The van der Waals surface area contributed by atoms with Crippen molar-refractivity contribution in [1.82, 2.24) is 0 Å². The predicted molar refractivity (Wildman–Crippen MR) is 85.5 cm³/mol. The molecule has 1 aliphatic carbocycles. The van der Waals surface area contributed by atoms with E-state index in [1.807, 2.05) is 0 Å². The van der Waals surface area contributed by atoms with Crippen LogP contribution in [0.1, 0.15) is 38.7 Å². The van der Waals surface area contributed by atoms with Crippen LogP contribution in [0.2, 0.25) is 0 Å². The van der Waals surface area contributed by atoms with Gasteiger partial charge >= 0.3 is 0 Å². The van der Waals surface area contributed by atoms with Crippen molar-refractivity contribution >= 4 is 33.3 Å². The first-order valence-electron chi connectivity index (χ1n) is 7.16. The molecule has 0 heterocycles. The van der Waals surface area contributed by atoms with E-state index in [1.165, 1.54) is 20.8 Å². The fourth-order valence-corrected chi connectivity index (χ4v) is 3.86. The molecule has 0 spiro atoms. The smallest absolute Gasteiger partial charge is 0.146 e. The molecule has 4 atom stereocenters. The normalized spacial score (nSPS) is 31.9. The molecule has 1 aromatic rings. The van der Waals surface area contributed by atoms with E-state index < -0.39 is 23.4 Å². The first-order chi connectivity index (χ1) is 10.1. The lowest BCUT2D eigenvalue weighted by Crippen LogP contribution is -2.53. The van der Waals surface area contributed by atoms with Gasteiger partial charge in [-0.05, 0) is 38.5 Å². The third kappa shape index (κ3) is 3.06. The highest BCUT2D eigenvalue weighted by molar-refractivity contribution is 9.10. The number of ketones is 3. The molecule has 0 saturated heterocycles. The van der Waals surface area contributed by atoms with Gasteiger partial charge in [0, 0.05) is 16.8 Å². The summed E-state index contributed by atoms with van der Waals surface area (Å²) in [6, 6.07) is 7.18. The summed E-state index contributed by atoms with van der Waals surface area (Å²) in [5.74, 6) is -3.06. The van der Waals surface area contributed by atoms with Gasteiger partial charge < -0.3 is 5.11 Å². The topological polar surface area (TPSA) is 71.4 Å². The maximum atomic E-state index is 12.4. The molecule has 1 saturated carbocycles. The van der Waals surface area contributed by atoms with E-state index in [9.17, 15) is 19.5 Å². The Morgan fingerprint density at radius 1 is 1.18 bits per heavy atom. The van der Waals surface area contributed by atoms with E-state index >= 15 is 0 Å². The molecule has 1 aromatic carbocycles. The van der Waals surface area contributed by atoms with Gasteiger partial charge in [0.25, 0.3) is 0 Å². The minimum Gasteiger partial charge on any atom is -0.389 e. The summed E-state index contributed by atoms with van der Waals surface area (Å²) in [5.41, 5.74) is -0.719. The molecule has 0 aliphatic heterocycles. The summed E-state index contributed by atoms with van der Waals surface area (Å²) in [5, 5.41) is 10.6. The zero-order valence-corrected chi connectivity index (χ0v) is 14.4. The van der Waals surface area contributed by atoms with E-state index in [2.05, 4.69) is 15.9 Å². The highest BCUT2D eigenvalue weighted by Gasteiger charge is 2.53. The summed E-state index contributed by atoms with van der Waals surface area (Å²) in [4.78, 5) is 36.5. The standard InChI is InChI=1S/C17H19BrO4/c1-9(19)14-13(21)8-17(3,22)16(10(2)20)15(14)11-4-6-12(18)7-5-11/h4-7,14-16,22H,8H2,1-3H3/t14-,15+,16+,17+/m0/s1. The van der Waals surface area contributed by atoms with Gasteiger partial charge in [0.15, 0.2) is 0 Å². The maximum absolute atomic E-state index is 12.4. The maximum Gasteiger partial charge on any atom is 0.146 e. The lowest BCUT2D eigenvalue weighted by molar-refractivity contribution is -0.151. The van der Waals surface area contributed by atoms with Crippen LogP contribution in [0.5, 0.6) is 0 Å². The van der Waals surface area contributed by atoms with Gasteiger partial charge in [-0.3, -0.25) is 14.4 Å². The van der Waals surface area contributed by atoms with Crippen molar-refractivity contribution < 1.29 is 19.5 Å². The fraction of sp³-hybridized carbons (Fsp3) is 0.471. The number of halogens is 1. The van der Waals surface area contributed by atoms with Crippen LogP contribution in [0.15, 0.2) is 28.7 Å². The van der Waals surface area contributed by atoms with Crippen LogP contribution >= 0.6 is 15.9 Å². The number of aliphatic hydroxyl groups is 1. The zero-order valence-electron chi connectivity index (χ0n) is 12.8. The van der Waals surface area contributed by atoms with Crippen LogP contribution in [0, 0.1) is 11.8 Å². The summed E-state index contributed by atoms with van der Waals surface area (Å²) in [6.45, 7) is 4.27. The second-order valence-electron chi connectivity index (χ2n) is 6.25. The van der Waals surface area contributed by atoms with Crippen LogP contribution in [-0.2, 0) is 14.4 Å². The van der Waals surface area contributed by atoms with E-state index in [0.717, 1.165) is 10.0 Å². The fourth-order valence-electron chi connectivity index (χ4n) is 3.59. The molecular formula is C17H19BrO4. The Bertz CT molecular complexity index is 618. The Labute approximate surface area is 138 Å². The molecule has 5 heteroatoms. The molecule has 2 rings (SSSR count). The van der Waals surface area contributed by atoms with Gasteiger partial charge in [-0.25, -0.2) is 0 Å². The number of hydrogen-bond acceptors (Lipinski definition) is 4.